The molecule has 13 heavy (non-hydrogen) atoms. The summed E-state index contributed by atoms with van der Waals surface area (Å²) in [5.74, 6) is 0.353. The first-order valence-electron chi connectivity index (χ1n) is 5.28. The summed E-state index contributed by atoms with van der Waals surface area (Å²) in [5.41, 5.74) is 0. The molecule has 3 nitrogen and oxygen atoms in total. The summed E-state index contributed by atoms with van der Waals surface area (Å²) >= 11 is 0. The summed E-state index contributed by atoms with van der Waals surface area (Å²) in [6.07, 6.45) is 5.76. The van der Waals surface area contributed by atoms with Crippen LogP contribution in [0.25, 0.3) is 0 Å². The molecule has 1 atom stereocenters. The summed E-state index contributed by atoms with van der Waals surface area (Å²) in [6.45, 7) is 0.931. The topological polar surface area (TPSA) is 32.3 Å². The fourth-order valence-electron chi connectivity index (χ4n) is 2.49. The summed E-state index contributed by atoms with van der Waals surface area (Å²) in [5, 5.41) is 3.19. The Balaban J connectivity index is 1.95. The first kappa shape index (κ1) is 9.00. The molecule has 1 saturated heterocycles. The first-order chi connectivity index (χ1) is 6.31. The minimum atomic E-state index is 0.353. The highest BCUT2D eigenvalue weighted by Gasteiger charge is 2.34. The zero-order valence-electron chi connectivity index (χ0n) is 8.25. The first-order valence-corrected chi connectivity index (χ1v) is 5.28. The molecule has 1 unspecified atom stereocenters. The van der Waals surface area contributed by atoms with E-state index in [4.69, 9.17) is 0 Å². The number of amides is 1. The van der Waals surface area contributed by atoms with Crippen LogP contribution in [0.5, 0.6) is 0 Å². The molecule has 0 aromatic carbocycles. The lowest BCUT2D eigenvalue weighted by molar-refractivity contribution is -0.129. The molecule has 2 fully saturated rings. The van der Waals surface area contributed by atoms with Gasteiger partial charge in [-0.15, -0.1) is 0 Å². The van der Waals surface area contributed by atoms with Crippen LogP contribution in [0.4, 0.5) is 0 Å². The van der Waals surface area contributed by atoms with E-state index in [9.17, 15) is 4.79 Å². The summed E-state index contributed by atoms with van der Waals surface area (Å²) < 4.78 is 0. The van der Waals surface area contributed by atoms with E-state index < -0.39 is 0 Å². The lowest BCUT2D eigenvalue weighted by atomic mass is 10.2. The molecule has 1 N–H and O–H groups in total. The van der Waals surface area contributed by atoms with Crippen LogP contribution in [0.1, 0.15) is 32.1 Å². The largest absolute Gasteiger partial charge is 0.338 e. The van der Waals surface area contributed by atoms with E-state index in [1.807, 2.05) is 7.05 Å². The van der Waals surface area contributed by atoms with Gasteiger partial charge in [0.25, 0.3) is 0 Å². The Kier molecular flexibility index (Phi) is 2.54. The molecule has 1 saturated carbocycles. The van der Waals surface area contributed by atoms with Crippen LogP contribution in [0.15, 0.2) is 0 Å². The summed E-state index contributed by atoms with van der Waals surface area (Å²) in [4.78, 5) is 13.7. The molecule has 2 rings (SSSR count). The van der Waals surface area contributed by atoms with Crippen molar-refractivity contribution in [1.82, 2.24) is 10.2 Å². The molecule has 0 spiro atoms. The molecular weight excluding hydrogens is 164 g/mol. The third-order valence-electron chi connectivity index (χ3n) is 3.33. The van der Waals surface area contributed by atoms with Gasteiger partial charge in [0, 0.05) is 25.0 Å². The van der Waals surface area contributed by atoms with Gasteiger partial charge in [-0.3, -0.25) is 4.79 Å². The third kappa shape index (κ3) is 1.70. The maximum atomic E-state index is 11.6. The normalized spacial score (nSPS) is 30.4. The fourth-order valence-corrected chi connectivity index (χ4v) is 2.49. The van der Waals surface area contributed by atoms with E-state index >= 15 is 0 Å². The van der Waals surface area contributed by atoms with E-state index in [0.29, 0.717) is 24.4 Å². The Bertz CT molecular complexity index is 199. The predicted molar refractivity (Wildman–Crippen MR) is 51.4 cm³/mol. The second-order valence-electron chi connectivity index (χ2n) is 4.17. The van der Waals surface area contributed by atoms with Crippen LogP contribution in [-0.2, 0) is 4.79 Å². The minimum Gasteiger partial charge on any atom is -0.338 e. The van der Waals surface area contributed by atoms with Gasteiger partial charge in [-0.1, -0.05) is 12.8 Å². The number of hydrogen-bond acceptors (Lipinski definition) is 2. The highest BCUT2D eigenvalue weighted by atomic mass is 16.2. The van der Waals surface area contributed by atoms with Gasteiger partial charge in [0.05, 0.1) is 0 Å². The van der Waals surface area contributed by atoms with Gasteiger partial charge in [-0.2, -0.15) is 0 Å². The van der Waals surface area contributed by atoms with Crippen LogP contribution < -0.4 is 5.32 Å². The Morgan fingerprint density at radius 1 is 1.38 bits per heavy atom. The maximum Gasteiger partial charge on any atom is 0.224 e. The average Bonchev–Trinajstić information content (AvgIpc) is 2.72. The van der Waals surface area contributed by atoms with Crippen molar-refractivity contribution in [3.63, 3.8) is 0 Å². The number of nitrogens with zero attached hydrogens (tertiary/aromatic N) is 1. The van der Waals surface area contributed by atoms with Crippen molar-refractivity contribution in [3.05, 3.63) is 0 Å². The molecule has 3 heteroatoms. The highest BCUT2D eigenvalue weighted by molar-refractivity contribution is 5.79. The second-order valence-corrected chi connectivity index (χ2v) is 4.17. The second kappa shape index (κ2) is 3.66. The van der Waals surface area contributed by atoms with Crippen molar-refractivity contribution < 1.29 is 4.79 Å². The van der Waals surface area contributed by atoms with Crippen molar-refractivity contribution in [2.75, 3.05) is 13.6 Å². The van der Waals surface area contributed by atoms with Crippen molar-refractivity contribution in [3.8, 4) is 0 Å². The SMILES string of the molecule is CNC1CC(=O)N(C2CCCC2)C1. The number of carbonyl (C=O) groups excluding carboxylic acids is 1. The Hall–Kier alpha value is -0.570. The van der Waals surface area contributed by atoms with Gasteiger partial charge in [0.1, 0.15) is 0 Å². The van der Waals surface area contributed by atoms with Crippen molar-refractivity contribution in [2.24, 2.45) is 0 Å². The lowest BCUT2D eigenvalue weighted by Crippen LogP contribution is -2.36. The number of likely N-dealkylation sites (N-methyl/N-ethyl adjacent to an activating group) is 1. The molecule has 0 bridgehead atoms. The Morgan fingerprint density at radius 3 is 2.62 bits per heavy atom. The minimum absolute atomic E-state index is 0.353. The van der Waals surface area contributed by atoms with Crippen LogP contribution in [-0.4, -0.2) is 36.5 Å². The quantitative estimate of drug-likeness (QED) is 0.683. The number of likely N-dealkylation sites (tertiary alicyclic amines) is 1. The smallest absolute Gasteiger partial charge is 0.224 e. The van der Waals surface area contributed by atoms with Crippen molar-refractivity contribution >= 4 is 5.91 Å². The number of rotatable bonds is 2. The molecule has 74 valence electrons. The van der Waals surface area contributed by atoms with Crippen molar-refractivity contribution in [2.45, 2.75) is 44.2 Å². The van der Waals surface area contributed by atoms with Crippen LogP contribution in [0.3, 0.4) is 0 Å². The standard InChI is InChI=1S/C10H18N2O/c1-11-8-6-10(13)12(7-8)9-4-2-3-5-9/h8-9,11H,2-7H2,1H3. The fraction of sp³-hybridized carbons (Fsp3) is 0.900. The van der Waals surface area contributed by atoms with Gasteiger partial charge < -0.3 is 10.2 Å². The zero-order valence-corrected chi connectivity index (χ0v) is 8.25. The third-order valence-corrected chi connectivity index (χ3v) is 3.33. The van der Waals surface area contributed by atoms with Gasteiger partial charge in [-0.05, 0) is 19.9 Å². The monoisotopic (exact) mass is 182 g/mol. The maximum absolute atomic E-state index is 11.6. The van der Waals surface area contributed by atoms with E-state index in [1.54, 1.807) is 0 Å². The van der Waals surface area contributed by atoms with Crippen molar-refractivity contribution in [1.29, 1.82) is 0 Å². The summed E-state index contributed by atoms with van der Waals surface area (Å²) in [6, 6.07) is 0.957. The van der Waals surface area contributed by atoms with Crippen LogP contribution in [0.2, 0.25) is 0 Å². The molecule has 0 aromatic rings. The molecule has 1 aliphatic heterocycles. The van der Waals surface area contributed by atoms with Crippen LogP contribution >= 0.6 is 0 Å². The molecule has 0 aromatic heterocycles. The van der Waals surface area contributed by atoms with Gasteiger partial charge in [0.2, 0.25) is 5.91 Å². The van der Waals surface area contributed by atoms with Crippen LogP contribution in [0, 0.1) is 0 Å². The van der Waals surface area contributed by atoms with E-state index in [1.165, 1.54) is 25.7 Å². The predicted octanol–water partition coefficient (Wildman–Crippen LogP) is 0.749. The molecule has 0 radical (unpaired) electrons. The van der Waals surface area contributed by atoms with E-state index in [-0.39, 0.29) is 0 Å². The van der Waals surface area contributed by atoms with Gasteiger partial charge in [0.15, 0.2) is 0 Å². The lowest BCUT2D eigenvalue weighted by Gasteiger charge is -2.23. The Morgan fingerprint density at radius 2 is 2.08 bits per heavy atom. The molecule has 1 heterocycles. The van der Waals surface area contributed by atoms with Gasteiger partial charge in [-0.25, -0.2) is 0 Å². The molecule has 2 aliphatic rings. The van der Waals surface area contributed by atoms with E-state index in [0.717, 1.165) is 6.54 Å². The number of hydrogen-bond donors (Lipinski definition) is 1. The number of carbonyl (C=O) groups is 1. The molecule has 1 aliphatic carbocycles. The summed E-state index contributed by atoms with van der Waals surface area (Å²) in [7, 11) is 1.94. The zero-order chi connectivity index (χ0) is 9.26. The molecular formula is C10H18N2O. The molecule has 1 amide bonds. The number of nitrogens with one attached hydrogen (secondary N) is 1. The van der Waals surface area contributed by atoms with Gasteiger partial charge >= 0.3 is 0 Å². The highest BCUT2D eigenvalue weighted by Crippen LogP contribution is 2.26. The Labute approximate surface area is 79.5 Å². The average molecular weight is 182 g/mol. The van der Waals surface area contributed by atoms with E-state index in [2.05, 4.69) is 10.2 Å².